The van der Waals surface area contributed by atoms with Crippen LogP contribution in [0.15, 0.2) is 52.5 Å². The molecule has 1 amide bonds. The molecule has 0 atom stereocenters. The third kappa shape index (κ3) is 6.28. The Morgan fingerprint density at radius 3 is 2.27 bits per heavy atom. The fourth-order valence-electron chi connectivity index (χ4n) is 2.56. The van der Waals surface area contributed by atoms with Crippen LogP contribution in [0, 0.1) is 0 Å². The van der Waals surface area contributed by atoms with Crippen LogP contribution >= 0.6 is 11.8 Å². The van der Waals surface area contributed by atoms with Crippen LogP contribution in [-0.2, 0) is 19.6 Å². The molecule has 0 unspecified atom stereocenters. The van der Waals surface area contributed by atoms with Crippen molar-refractivity contribution < 1.29 is 22.7 Å². The summed E-state index contributed by atoms with van der Waals surface area (Å²) in [7, 11) is -3.55. The van der Waals surface area contributed by atoms with Crippen molar-refractivity contribution in [1.82, 2.24) is 9.29 Å². The highest BCUT2D eigenvalue weighted by Gasteiger charge is 2.21. The van der Waals surface area contributed by atoms with Gasteiger partial charge in [0.25, 0.3) is 0 Å². The number of aromatic nitrogens is 1. The minimum atomic E-state index is -3.55. The van der Waals surface area contributed by atoms with Crippen molar-refractivity contribution in [2.24, 2.45) is 0 Å². The molecule has 10 heteroatoms. The van der Waals surface area contributed by atoms with Crippen molar-refractivity contribution in [2.75, 3.05) is 30.8 Å². The molecule has 0 aliphatic heterocycles. The number of carbonyl (C=O) groups is 2. The largest absolute Gasteiger partial charge is 0.462 e. The first kappa shape index (κ1) is 23.8. The number of nitrogens with zero attached hydrogens (tertiary/aromatic N) is 2. The minimum absolute atomic E-state index is 0.106. The van der Waals surface area contributed by atoms with Gasteiger partial charge in [0, 0.05) is 25.0 Å². The molecule has 1 aromatic heterocycles. The average Bonchev–Trinajstić information content (AvgIpc) is 2.74. The van der Waals surface area contributed by atoms with Crippen LogP contribution in [0.3, 0.4) is 0 Å². The topological polar surface area (TPSA) is 106 Å². The van der Waals surface area contributed by atoms with E-state index in [1.54, 1.807) is 51.1 Å². The predicted octanol–water partition coefficient (Wildman–Crippen LogP) is 3.02. The summed E-state index contributed by atoms with van der Waals surface area (Å²) in [6.07, 6.45) is 1.31. The van der Waals surface area contributed by atoms with Gasteiger partial charge in [-0.1, -0.05) is 25.6 Å². The van der Waals surface area contributed by atoms with E-state index in [1.807, 2.05) is 0 Å². The van der Waals surface area contributed by atoms with Crippen LogP contribution in [0.5, 0.6) is 0 Å². The molecular weight excluding hydrogens is 426 g/mol. The molecule has 0 fully saturated rings. The van der Waals surface area contributed by atoms with Gasteiger partial charge in [-0.3, -0.25) is 4.79 Å². The quantitative estimate of drug-likeness (QED) is 0.437. The monoisotopic (exact) mass is 451 g/mol. The Morgan fingerprint density at radius 1 is 1.07 bits per heavy atom. The Hall–Kier alpha value is -2.43. The number of hydrogen-bond acceptors (Lipinski definition) is 7. The molecule has 0 aliphatic carbocycles. The summed E-state index contributed by atoms with van der Waals surface area (Å²) < 4.78 is 31.2. The Labute approximate surface area is 181 Å². The molecule has 162 valence electrons. The van der Waals surface area contributed by atoms with E-state index in [0.29, 0.717) is 36.0 Å². The smallest absolute Gasteiger partial charge is 0.338 e. The zero-order chi connectivity index (χ0) is 22.1. The first-order chi connectivity index (χ1) is 14.3. The fourth-order valence-corrected chi connectivity index (χ4v) is 4.60. The van der Waals surface area contributed by atoms with E-state index in [1.165, 1.54) is 28.3 Å². The highest BCUT2D eigenvalue weighted by atomic mass is 32.2. The second-order valence-corrected chi connectivity index (χ2v) is 8.99. The number of esters is 1. The Morgan fingerprint density at radius 2 is 1.73 bits per heavy atom. The number of hydrogen-bond donors (Lipinski definition) is 1. The highest BCUT2D eigenvalue weighted by Crippen LogP contribution is 2.20. The van der Waals surface area contributed by atoms with Gasteiger partial charge in [-0.05, 0) is 43.3 Å². The number of pyridine rings is 1. The Balaban J connectivity index is 1.91. The second kappa shape index (κ2) is 11.1. The molecule has 30 heavy (non-hydrogen) atoms. The van der Waals surface area contributed by atoms with E-state index in [9.17, 15) is 18.0 Å². The number of amides is 1. The molecule has 0 radical (unpaired) electrons. The number of rotatable bonds is 10. The van der Waals surface area contributed by atoms with E-state index in [0.717, 1.165) is 0 Å². The summed E-state index contributed by atoms with van der Waals surface area (Å²) in [6, 6.07) is 9.49. The predicted molar refractivity (Wildman–Crippen MR) is 116 cm³/mol. The van der Waals surface area contributed by atoms with Crippen LogP contribution in [0.4, 0.5) is 5.69 Å². The SMILES string of the molecule is CCOC(=O)c1ccc(NC(=O)CSc2ccc(S(=O)(=O)N(CC)CC)cn2)cc1. The van der Waals surface area contributed by atoms with Crippen LogP contribution in [0.2, 0.25) is 0 Å². The number of thioether (sulfide) groups is 1. The van der Waals surface area contributed by atoms with E-state index < -0.39 is 16.0 Å². The Bertz CT molecular complexity index is 957. The molecule has 2 rings (SSSR count). The molecule has 0 saturated carbocycles. The van der Waals surface area contributed by atoms with E-state index >= 15 is 0 Å². The lowest BCUT2D eigenvalue weighted by Gasteiger charge is -2.18. The first-order valence-electron chi connectivity index (χ1n) is 9.47. The standard InChI is InChI=1S/C20H25N3O5S2/c1-4-23(5-2)30(26,27)17-11-12-19(21-13-17)29-14-18(24)22-16-9-7-15(8-10-16)20(25)28-6-3/h7-13H,4-6,14H2,1-3H3,(H,22,24). The number of ether oxygens (including phenoxy) is 1. The van der Waals surface area contributed by atoms with E-state index in [-0.39, 0.29) is 16.6 Å². The maximum atomic E-state index is 12.5. The van der Waals surface area contributed by atoms with Gasteiger partial charge >= 0.3 is 5.97 Å². The lowest BCUT2D eigenvalue weighted by molar-refractivity contribution is -0.113. The van der Waals surface area contributed by atoms with Crippen LogP contribution in [-0.4, -0.2) is 55.0 Å². The van der Waals surface area contributed by atoms with Crippen molar-refractivity contribution in [1.29, 1.82) is 0 Å². The van der Waals surface area contributed by atoms with Crippen molar-refractivity contribution >= 4 is 39.3 Å². The summed E-state index contributed by atoms with van der Waals surface area (Å²) in [4.78, 5) is 28.1. The fraction of sp³-hybridized carbons (Fsp3) is 0.350. The summed E-state index contributed by atoms with van der Waals surface area (Å²) in [5.41, 5.74) is 0.968. The highest BCUT2D eigenvalue weighted by molar-refractivity contribution is 7.99. The molecule has 8 nitrogen and oxygen atoms in total. The lowest BCUT2D eigenvalue weighted by atomic mass is 10.2. The van der Waals surface area contributed by atoms with Gasteiger partial charge in [-0.25, -0.2) is 18.2 Å². The van der Waals surface area contributed by atoms with Gasteiger partial charge in [0.1, 0.15) is 4.90 Å². The number of carbonyl (C=O) groups excluding carboxylic acids is 2. The third-order valence-electron chi connectivity index (χ3n) is 4.08. The van der Waals surface area contributed by atoms with Crippen molar-refractivity contribution in [2.45, 2.75) is 30.7 Å². The number of anilines is 1. The number of benzene rings is 1. The maximum Gasteiger partial charge on any atom is 0.338 e. The molecule has 2 aromatic rings. The maximum absolute atomic E-state index is 12.5. The molecule has 1 N–H and O–H groups in total. The lowest BCUT2D eigenvalue weighted by Crippen LogP contribution is -2.30. The Kier molecular flexibility index (Phi) is 8.82. The van der Waals surface area contributed by atoms with E-state index in [4.69, 9.17) is 4.74 Å². The first-order valence-corrected chi connectivity index (χ1v) is 11.9. The summed E-state index contributed by atoms with van der Waals surface area (Å²) >= 11 is 1.20. The summed E-state index contributed by atoms with van der Waals surface area (Å²) in [5, 5.41) is 3.28. The molecule has 0 spiro atoms. The molecule has 0 saturated heterocycles. The minimum Gasteiger partial charge on any atom is -0.462 e. The van der Waals surface area contributed by atoms with Crippen LogP contribution in [0.1, 0.15) is 31.1 Å². The zero-order valence-electron chi connectivity index (χ0n) is 17.1. The van der Waals surface area contributed by atoms with Crippen LogP contribution in [0.25, 0.3) is 0 Å². The van der Waals surface area contributed by atoms with Gasteiger partial charge in [0.05, 0.1) is 22.9 Å². The average molecular weight is 452 g/mol. The van der Waals surface area contributed by atoms with Crippen molar-refractivity contribution in [3.05, 3.63) is 48.2 Å². The molecule has 1 aromatic carbocycles. The second-order valence-electron chi connectivity index (χ2n) is 6.06. The zero-order valence-corrected chi connectivity index (χ0v) is 18.8. The van der Waals surface area contributed by atoms with Gasteiger partial charge < -0.3 is 10.1 Å². The number of nitrogens with one attached hydrogen (secondary N) is 1. The molecular formula is C20H25N3O5S2. The molecule has 0 bridgehead atoms. The van der Waals surface area contributed by atoms with Crippen molar-refractivity contribution in [3.63, 3.8) is 0 Å². The van der Waals surface area contributed by atoms with E-state index in [2.05, 4.69) is 10.3 Å². The summed E-state index contributed by atoms with van der Waals surface area (Å²) in [6.45, 7) is 6.36. The van der Waals surface area contributed by atoms with Gasteiger partial charge in [-0.15, -0.1) is 0 Å². The normalized spacial score (nSPS) is 11.3. The molecule has 1 heterocycles. The third-order valence-corrected chi connectivity index (χ3v) is 7.06. The van der Waals surface area contributed by atoms with Gasteiger partial charge in [0.15, 0.2) is 0 Å². The number of sulfonamides is 1. The van der Waals surface area contributed by atoms with Gasteiger partial charge in [-0.2, -0.15) is 4.31 Å². The summed E-state index contributed by atoms with van der Waals surface area (Å²) in [5.74, 6) is -0.552. The molecule has 0 aliphatic rings. The van der Waals surface area contributed by atoms with Crippen molar-refractivity contribution in [3.8, 4) is 0 Å². The van der Waals surface area contributed by atoms with Gasteiger partial charge in [0.2, 0.25) is 15.9 Å². The van der Waals surface area contributed by atoms with Crippen LogP contribution < -0.4 is 5.32 Å².